The van der Waals surface area contributed by atoms with Crippen LogP contribution in [0.25, 0.3) is 22.4 Å². The molecule has 5 rings (SSSR count). The third kappa shape index (κ3) is 3.58. The minimum atomic E-state index is -0.310. The molecule has 1 saturated heterocycles. The molecule has 7 heteroatoms. The number of benzene rings is 2. The van der Waals surface area contributed by atoms with Gasteiger partial charge in [-0.15, -0.1) is 10.2 Å². The maximum Gasteiger partial charge on any atom is 0.247 e. The lowest BCUT2D eigenvalue weighted by atomic mass is 9.98. The summed E-state index contributed by atoms with van der Waals surface area (Å²) >= 11 is 0. The Kier molecular flexibility index (Phi) is 4.78. The molecule has 1 atom stereocenters. The average molecular weight is 404 g/mol. The first-order valence-electron chi connectivity index (χ1n) is 10.1. The monoisotopic (exact) mass is 404 g/mol. The largest absolute Gasteiger partial charge is 0.420 e. The molecule has 1 amide bonds. The van der Waals surface area contributed by atoms with E-state index in [1.54, 1.807) is 12.1 Å². The molecular weight excluding hydrogens is 383 g/mol. The van der Waals surface area contributed by atoms with Gasteiger partial charge in [-0.25, -0.2) is 4.39 Å². The van der Waals surface area contributed by atoms with Crippen LogP contribution in [-0.2, 0) is 11.3 Å². The number of nitrogens with zero attached hydrogens (tertiary/aromatic N) is 4. The number of aromatic nitrogens is 3. The fourth-order valence-electron chi connectivity index (χ4n) is 4.04. The number of para-hydroxylation sites is 1. The van der Waals surface area contributed by atoms with Gasteiger partial charge in [-0.05, 0) is 54.6 Å². The lowest BCUT2D eigenvalue weighted by Crippen LogP contribution is -2.40. The van der Waals surface area contributed by atoms with Gasteiger partial charge in [-0.1, -0.05) is 18.2 Å². The van der Waals surface area contributed by atoms with Gasteiger partial charge in [0.2, 0.25) is 17.7 Å². The molecule has 0 saturated carbocycles. The number of amides is 1. The number of piperidine rings is 1. The molecule has 0 spiro atoms. The minimum absolute atomic E-state index is 0.00537. The summed E-state index contributed by atoms with van der Waals surface area (Å²) in [7, 11) is 0. The van der Waals surface area contributed by atoms with E-state index in [1.165, 1.54) is 12.1 Å². The number of hydrogen-bond donors (Lipinski definition) is 0. The van der Waals surface area contributed by atoms with Crippen LogP contribution in [0, 0.1) is 5.82 Å². The van der Waals surface area contributed by atoms with Crippen molar-refractivity contribution in [3.63, 3.8) is 0 Å². The molecule has 1 unspecified atom stereocenters. The van der Waals surface area contributed by atoms with Crippen molar-refractivity contribution < 1.29 is 13.6 Å². The molecule has 0 bridgehead atoms. The van der Waals surface area contributed by atoms with Crippen molar-refractivity contribution in [2.24, 2.45) is 0 Å². The molecule has 30 heavy (non-hydrogen) atoms. The molecule has 0 N–H and O–H groups in total. The van der Waals surface area contributed by atoms with Crippen molar-refractivity contribution in [3.05, 3.63) is 72.5 Å². The van der Waals surface area contributed by atoms with Gasteiger partial charge in [0.1, 0.15) is 12.4 Å². The predicted molar refractivity (Wildman–Crippen MR) is 110 cm³/mol. The van der Waals surface area contributed by atoms with Gasteiger partial charge in [0.25, 0.3) is 0 Å². The van der Waals surface area contributed by atoms with Crippen LogP contribution in [0.2, 0.25) is 0 Å². The molecule has 1 aliphatic rings. The first-order valence-corrected chi connectivity index (χ1v) is 10.1. The number of fused-ring (bicyclic) bond motifs is 1. The van der Waals surface area contributed by atoms with Crippen LogP contribution in [-0.4, -0.2) is 38.7 Å². The SMILES string of the molecule is O=C(Cn1ccc2ccccc21)N1CCCC(c2nnc(-c3ccc(F)cc3)o2)C1. The molecule has 2 aromatic heterocycles. The lowest BCUT2D eigenvalue weighted by Gasteiger charge is -2.31. The Balaban J connectivity index is 1.29. The summed E-state index contributed by atoms with van der Waals surface area (Å²) in [6.45, 7) is 1.60. The zero-order valence-electron chi connectivity index (χ0n) is 16.4. The Bertz CT molecular complexity index is 1180. The van der Waals surface area contributed by atoms with Crippen molar-refractivity contribution in [2.75, 3.05) is 13.1 Å². The zero-order chi connectivity index (χ0) is 20.5. The highest BCUT2D eigenvalue weighted by Gasteiger charge is 2.28. The van der Waals surface area contributed by atoms with Crippen LogP contribution in [0.4, 0.5) is 4.39 Å². The van der Waals surface area contributed by atoms with Crippen LogP contribution >= 0.6 is 0 Å². The van der Waals surface area contributed by atoms with E-state index in [0.717, 1.165) is 30.3 Å². The highest BCUT2D eigenvalue weighted by molar-refractivity contribution is 5.83. The third-order valence-corrected chi connectivity index (χ3v) is 5.64. The second kappa shape index (κ2) is 7.74. The second-order valence-corrected chi connectivity index (χ2v) is 7.63. The Morgan fingerprint density at radius 2 is 1.93 bits per heavy atom. The molecule has 0 aliphatic carbocycles. The first-order chi connectivity index (χ1) is 14.7. The van der Waals surface area contributed by atoms with E-state index >= 15 is 0 Å². The van der Waals surface area contributed by atoms with Gasteiger partial charge >= 0.3 is 0 Å². The van der Waals surface area contributed by atoms with Crippen LogP contribution in [0.5, 0.6) is 0 Å². The normalized spacial score (nSPS) is 16.8. The summed E-state index contributed by atoms with van der Waals surface area (Å²) in [5.74, 6) is 0.672. The number of carbonyl (C=O) groups is 1. The minimum Gasteiger partial charge on any atom is -0.420 e. The summed E-state index contributed by atoms with van der Waals surface area (Å²) in [6.07, 6.45) is 3.73. The van der Waals surface area contributed by atoms with Gasteiger partial charge < -0.3 is 13.9 Å². The van der Waals surface area contributed by atoms with E-state index in [-0.39, 0.29) is 17.6 Å². The van der Waals surface area contributed by atoms with E-state index in [2.05, 4.69) is 10.2 Å². The van der Waals surface area contributed by atoms with Crippen LogP contribution < -0.4 is 0 Å². The summed E-state index contributed by atoms with van der Waals surface area (Å²) in [6, 6.07) is 16.0. The predicted octanol–water partition coefficient (Wildman–Crippen LogP) is 4.24. The van der Waals surface area contributed by atoms with E-state index < -0.39 is 0 Å². The van der Waals surface area contributed by atoms with Crippen LogP contribution in [0.3, 0.4) is 0 Å². The first kappa shape index (κ1) is 18.5. The smallest absolute Gasteiger partial charge is 0.247 e. The second-order valence-electron chi connectivity index (χ2n) is 7.63. The Hall–Kier alpha value is -3.48. The number of likely N-dealkylation sites (tertiary alicyclic amines) is 1. The summed E-state index contributed by atoms with van der Waals surface area (Å²) < 4.78 is 21.0. The number of rotatable bonds is 4. The highest BCUT2D eigenvalue weighted by Crippen LogP contribution is 2.29. The van der Waals surface area contributed by atoms with Gasteiger partial charge in [-0.2, -0.15) is 0 Å². The topological polar surface area (TPSA) is 64.2 Å². The molecule has 152 valence electrons. The van der Waals surface area contributed by atoms with Crippen molar-refractivity contribution in [1.82, 2.24) is 19.7 Å². The van der Waals surface area contributed by atoms with Gasteiger partial charge in [-0.3, -0.25) is 4.79 Å². The summed E-state index contributed by atoms with van der Waals surface area (Å²) in [4.78, 5) is 14.8. The summed E-state index contributed by atoms with van der Waals surface area (Å²) in [5.41, 5.74) is 1.73. The maximum atomic E-state index is 13.1. The lowest BCUT2D eigenvalue weighted by molar-refractivity contribution is -0.133. The molecule has 3 heterocycles. The van der Waals surface area contributed by atoms with Crippen molar-refractivity contribution in [2.45, 2.75) is 25.3 Å². The zero-order valence-corrected chi connectivity index (χ0v) is 16.4. The Morgan fingerprint density at radius 1 is 1.10 bits per heavy atom. The number of halogens is 1. The molecule has 2 aromatic carbocycles. The quantitative estimate of drug-likeness (QED) is 0.510. The number of carbonyl (C=O) groups excluding carboxylic acids is 1. The van der Waals surface area contributed by atoms with E-state index in [0.29, 0.717) is 30.4 Å². The van der Waals surface area contributed by atoms with Crippen molar-refractivity contribution >= 4 is 16.8 Å². The summed E-state index contributed by atoms with van der Waals surface area (Å²) in [5, 5.41) is 9.43. The maximum absolute atomic E-state index is 13.1. The molecule has 6 nitrogen and oxygen atoms in total. The van der Waals surface area contributed by atoms with Gasteiger partial charge in [0.05, 0.1) is 5.92 Å². The average Bonchev–Trinajstić information content (AvgIpc) is 3.42. The van der Waals surface area contributed by atoms with Crippen molar-refractivity contribution in [1.29, 1.82) is 0 Å². The fourth-order valence-corrected chi connectivity index (χ4v) is 4.04. The molecule has 1 aliphatic heterocycles. The molecule has 0 radical (unpaired) electrons. The highest BCUT2D eigenvalue weighted by atomic mass is 19.1. The van der Waals surface area contributed by atoms with E-state index in [4.69, 9.17) is 4.42 Å². The van der Waals surface area contributed by atoms with E-state index in [1.807, 2.05) is 46.0 Å². The molecule has 1 fully saturated rings. The fraction of sp³-hybridized carbons (Fsp3) is 0.261. The van der Waals surface area contributed by atoms with Crippen LogP contribution in [0.1, 0.15) is 24.7 Å². The Labute approximate surface area is 172 Å². The Morgan fingerprint density at radius 3 is 2.80 bits per heavy atom. The third-order valence-electron chi connectivity index (χ3n) is 5.64. The number of hydrogen-bond acceptors (Lipinski definition) is 4. The van der Waals surface area contributed by atoms with Crippen molar-refractivity contribution in [3.8, 4) is 11.5 Å². The van der Waals surface area contributed by atoms with E-state index in [9.17, 15) is 9.18 Å². The standard InChI is InChI=1S/C23H21FN4O2/c24-19-9-7-17(8-10-19)22-25-26-23(30-22)18-5-3-12-28(14-18)21(29)15-27-13-11-16-4-1-2-6-20(16)27/h1-2,4,6-11,13,18H,3,5,12,14-15H2. The molecular formula is C23H21FN4O2. The molecule has 4 aromatic rings. The van der Waals surface area contributed by atoms with Gasteiger partial charge in [0.15, 0.2) is 0 Å². The van der Waals surface area contributed by atoms with Gasteiger partial charge in [0, 0.05) is 30.4 Å². The van der Waals surface area contributed by atoms with Crippen LogP contribution in [0.15, 0.2) is 65.2 Å².